The van der Waals surface area contributed by atoms with Gasteiger partial charge in [0.25, 0.3) is 5.91 Å². The maximum atomic E-state index is 12.8. The predicted molar refractivity (Wildman–Crippen MR) is 112 cm³/mol. The van der Waals surface area contributed by atoms with Crippen LogP contribution in [0.15, 0.2) is 29.2 Å². The fourth-order valence-electron chi connectivity index (χ4n) is 3.66. The molecular weight excluding hydrogens is 390 g/mol. The molecule has 0 atom stereocenters. The zero-order chi connectivity index (χ0) is 20.6. The molecule has 0 unspecified atom stereocenters. The van der Waals surface area contributed by atoms with E-state index >= 15 is 0 Å². The molecule has 2 fully saturated rings. The SMILES string of the molecule is CCOC(=O)N1CCC(NC(=O)c2ccccc2SCC(=O)N2CCCC2)CC1. The number of benzene rings is 1. The molecule has 2 heterocycles. The molecule has 2 saturated heterocycles. The van der Waals surface area contributed by atoms with Crippen molar-refractivity contribution in [2.75, 3.05) is 38.5 Å². The van der Waals surface area contributed by atoms with Crippen LogP contribution in [0.2, 0.25) is 0 Å². The number of carbonyl (C=O) groups is 3. The quantitative estimate of drug-likeness (QED) is 0.718. The Balaban J connectivity index is 1.52. The van der Waals surface area contributed by atoms with Gasteiger partial charge in [-0.15, -0.1) is 11.8 Å². The molecule has 2 aliphatic heterocycles. The van der Waals surface area contributed by atoms with Crippen LogP contribution in [0.3, 0.4) is 0 Å². The Morgan fingerprint density at radius 2 is 1.76 bits per heavy atom. The van der Waals surface area contributed by atoms with E-state index in [-0.39, 0.29) is 23.9 Å². The summed E-state index contributed by atoms with van der Waals surface area (Å²) in [5, 5.41) is 3.08. The summed E-state index contributed by atoms with van der Waals surface area (Å²) in [6.45, 7) is 4.98. The summed E-state index contributed by atoms with van der Waals surface area (Å²) < 4.78 is 5.03. The lowest BCUT2D eigenvalue weighted by atomic mass is 10.0. The highest BCUT2D eigenvalue weighted by molar-refractivity contribution is 8.00. The smallest absolute Gasteiger partial charge is 0.409 e. The van der Waals surface area contributed by atoms with Crippen molar-refractivity contribution in [2.45, 2.75) is 43.5 Å². The second-order valence-electron chi connectivity index (χ2n) is 7.31. The Morgan fingerprint density at radius 1 is 1.07 bits per heavy atom. The van der Waals surface area contributed by atoms with Crippen molar-refractivity contribution in [3.05, 3.63) is 29.8 Å². The molecule has 7 nitrogen and oxygen atoms in total. The molecule has 0 bridgehead atoms. The van der Waals surface area contributed by atoms with E-state index in [4.69, 9.17) is 4.74 Å². The number of amides is 3. The molecule has 0 aliphatic carbocycles. The first-order chi connectivity index (χ1) is 14.1. The molecule has 0 saturated carbocycles. The van der Waals surface area contributed by atoms with Crippen molar-refractivity contribution >= 4 is 29.7 Å². The molecule has 2 aliphatic rings. The summed E-state index contributed by atoms with van der Waals surface area (Å²) in [5.41, 5.74) is 0.597. The van der Waals surface area contributed by atoms with Gasteiger partial charge in [-0.1, -0.05) is 12.1 Å². The summed E-state index contributed by atoms with van der Waals surface area (Å²) in [5.74, 6) is 0.354. The second kappa shape index (κ2) is 10.5. The van der Waals surface area contributed by atoms with E-state index in [1.165, 1.54) is 11.8 Å². The van der Waals surface area contributed by atoms with Gasteiger partial charge in [0.1, 0.15) is 0 Å². The van der Waals surface area contributed by atoms with E-state index in [1.807, 2.05) is 23.1 Å². The number of thioether (sulfide) groups is 1. The summed E-state index contributed by atoms with van der Waals surface area (Å²) >= 11 is 1.42. The Hall–Kier alpha value is -2.22. The third kappa shape index (κ3) is 5.88. The van der Waals surface area contributed by atoms with Crippen LogP contribution < -0.4 is 5.32 Å². The molecular formula is C21H29N3O4S. The molecule has 3 amide bonds. The van der Waals surface area contributed by atoms with E-state index in [9.17, 15) is 14.4 Å². The van der Waals surface area contributed by atoms with Gasteiger partial charge in [-0.05, 0) is 44.7 Å². The second-order valence-corrected chi connectivity index (χ2v) is 8.32. The first-order valence-electron chi connectivity index (χ1n) is 10.3. The lowest BCUT2D eigenvalue weighted by Crippen LogP contribution is -2.46. The third-order valence-electron chi connectivity index (χ3n) is 5.30. The minimum absolute atomic E-state index is 0.0254. The zero-order valence-corrected chi connectivity index (χ0v) is 17.7. The third-order valence-corrected chi connectivity index (χ3v) is 6.36. The molecule has 158 valence electrons. The summed E-state index contributed by atoms with van der Waals surface area (Å²) in [4.78, 5) is 41.3. The van der Waals surface area contributed by atoms with Crippen molar-refractivity contribution in [1.82, 2.24) is 15.1 Å². The first-order valence-corrected chi connectivity index (χ1v) is 11.3. The molecule has 0 spiro atoms. The van der Waals surface area contributed by atoms with E-state index in [2.05, 4.69) is 5.32 Å². The average Bonchev–Trinajstić information content (AvgIpc) is 3.28. The summed E-state index contributed by atoms with van der Waals surface area (Å²) in [7, 11) is 0. The minimum Gasteiger partial charge on any atom is -0.450 e. The average molecular weight is 420 g/mol. The largest absolute Gasteiger partial charge is 0.450 e. The fourth-order valence-corrected chi connectivity index (χ4v) is 4.61. The topological polar surface area (TPSA) is 79.0 Å². The van der Waals surface area contributed by atoms with Crippen LogP contribution in [0.1, 0.15) is 43.0 Å². The highest BCUT2D eigenvalue weighted by Gasteiger charge is 2.25. The number of rotatable bonds is 6. The Bertz CT molecular complexity index is 728. The predicted octanol–water partition coefficient (Wildman–Crippen LogP) is 2.75. The molecule has 8 heteroatoms. The number of piperidine rings is 1. The van der Waals surface area contributed by atoms with E-state index in [0.717, 1.165) is 30.8 Å². The molecule has 3 rings (SSSR count). The normalized spacial score (nSPS) is 17.3. The van der Waals surface area contributed by atoms with Crippen LogP contribution in [-0.2, 0) is 9.53 Å². The highest BCUT2D eigenvalue weighted by Crippen LogP contribution is 2.24. The molecule has 29 heavy (non-hydrogen) atoms. The van der Waals surface area contributed by atoms with Crippen molar-refractivity contribution in [1.29, 1.82) is 0 Å². The van der Waals surface area contributed by atoms with Gasteiger partial charge in [-0.3, -0.25) is 9.59 Å². The van der Waals surface area contributed by atoms with Gasteiger partial charge >= 0.3 is 6.09 Å². The Morgan fingerprint density at radius 3 is 2.45 bits per heavy atom. The van der Waals surface area contributed by atoms with E-state index < -0.39 is 0 Å². The van der Waals surface area contributed by atoms with E-state index in [0.29, 0.717) is 43.9 Å². The summed E-state index contributed by atoms with van der Waals surface area (Å²) in [6.07, 6.45) is 3.26. The van der Waals surface area contributed by atoms with Crippen LogP contribution in [-0.4, -0.2) is 72.3 Å². The van der Waals surface area contributed by atoms with Gasteiger partial charge in [-0.2, -0.15) is 0 Å². The Labute approximate surface area is 176 Å². The first kappa shape index (κ1) is 21.5. The van der Waals surface area contributed by atoms with Crippen molar-refractivity contribution < 1.29 is 19.1 Å². The van der Waals surface area contributed by atoms with Gasteiger partial charge in [0, 0.05) is 37.1 Å². The van der Waals surface area contributed by atoms with Gasteiger partial charge < -0.3 is 19.9 Å². The molecule has 1 aromatic carbocycles. The van der Waals surface area contributed by atoms with Crippen LogP contribution in [0.25, 0.3) is 0 Å². The van der Waals surface area contributed by atoms with Gasteiger partial charge in [-0.25, -0.2) is 4.79 Å². The molecule has 1 aromatic rings. The minimum atomic E-state index is -0.290. The number of likely N-dealkylation sites (tertiary alicyclic amines) is 2. The molecule has 1 N–H and O–H groups in total. The Kier molecular flexibility index (Phi) is 7.80. The van der Waals surface area contributed by atoms with Gasteiger partial charge in [0.2, 0.25) is 5.91 Å². The lowest BCUT2D eigenvalue weighted by molar-refractivity contribution is -0.127. The lowest BCUT2D eigenvalue weighted by Gasteiger charge is -2.31. The van der Waals surface area contributed by atoms with Crippen LogP contribution in [0.4, 0.5) is 4.79 Å². The monoisotopic (exact) mass is 419 g/mol. The number of carbonyl (C=O) groups excluding carboxylic acids is 3. The van der Waals surface area contributed by atoms with Crippen LogP contribution in [0, 0.1) is 0 Å². The van der Waals surface area contributed by atoms with E-state index in [1.54, 1.807) is 17.9 Å². The van der Waals surface area contributed by atoms with Crippen molar-refractivity contribution in [3.63, 3.8) is 0 Å². The number of hydrogen-bond acceptors (Lipinski definition) is 5. The maximum absolute atomic E-state index is 12.8. The molecule has 0 radical (unpaired) electrons. The number of nitrogens with zero attached hydrogens (tertiary/aromatic N) is 2. The zero-order valence-electron chi connectivity index (χ0n) is 16.9. The van der Waals surface area contributed by atoms with Gasteiger partial charge in [0.05, 0.1) is 17.9 Å². The highest BCUT2D eigenvalue weighted by atomic mass is 32.2. The number of hydrogen-bond donors (Lipinski definition) is 1. The van der Waals surface area contributed by atoms with Gasteiger partial charge in [0.15, 0.2) is 0 Å². The van der Waals surface area contributed by atoms with Crippen molar-refractivity contribution in [3.8, 4) is 0 Å². The maximum Gasteiger partial charge on any atom is 0.409 e. The summed E-state index contributed by atoms with van der Waals surface area (Å²) in [6, 6.07) is 7.44. The molecule has 0 aromatic heterocycles. The fraction of sp³-hybridized carbons (Fsp3) is 0.571. The standard InChI is InChI=1S/C21H29N3O4S/c1-2-28-21(27)24-13-9-16(10-14-24)22-20(26)17-7-3-4-8-18(17)29-15-19(25)23-11-5-6-12-23/h3-4,7-8,16H,2,5-6,9-15H2,1H3,(H,22,26). The van der Waals surface area contributed by atoms with Crippen LogP contribution in [0.5, 0.6) is 0 Å². The number of nitrogens with one attached hydrogen (secondary N) is 1. The van der Waals surface area contributed by atoms with Crippen molar-refractivity contribution in [2.24, 2.45) is 0 Å². The number of ether oxygens (including phenoxy) is 1. The van der Waals surface area contributed by atoms with Crippen LogP contribution >= 0.6 is 11.8 Å².